The van der Waals surface area contributed by atoms with Crippen LogP contribution < -0.4 is 10.6 Å². The molecule has 0 radical (unpaired) electrons. The molecule has 0 bridgehead atoms. The first-order valence-corrected chi connectivity index (χ1v) is 11.5. The summed E-state index contributed by atoms with van der Waals surface area (Å²) in [5.41, 5.74) is 2.49. The van der Waals surface area contributed by atoms with E-state index in [0.717, 1.165) is 24.1 Å². The lowest BCUT2D eigenvalue weighted by atomic mass is 10.2. The topological polar surface area (TPSA) is 76.0 Å². The summed E-state index contributed by atoms with van der Waals surface area (Å²) in [6.45, 7) is 3.22. The maximum absolute atomic E-state index is 12.2. The third-order valence-corrected chi connectivity index (χ3v) is 5.78. The van der Waals surface area contributed by atoms with Gasteiger partial charge in [0.1, 0.15) is 0 Å². The van der Waals surface area contributed by atoms with Crippen molar-refractivity contribution in [2.45, 2.75) is 31.5 Å². The highest BCUT2D eigenvalue weighted by molar-refractivity contribution is 7.99. The van der Waals surface area contributed by atoms with Crippen molar-refractivity contribution in [1.29, 1.82) is 0 Å². The van der Waals surface area contributed by atoms with Crippen LogP contribution in [0.2, 0.25) is 5.02 Å². The number of nitrogens with zero attached hydrogens (tertiary/aromatic N) is 2. The Kier molecular flexibility index (Phi) is 8.55. The van der Waals surface area contributed by atoms with Crippen LogP contribution in [0.25, 0.3) is 5.69 Å². The minimum absolute atomic E-state index is 0.0717. The van der Waals surface area contributed by atoms with Gasteiger partial charge in [0, 0.05) is 41.8 Å². The molecule has 0 saturated carbocycles. The number of thioether (sulfide) groups is 1. The van der Waals surface area contributed by atoms with E-state index in [2.05, 4.69) is 22.5 Å². The Balaban J connectivity index is 1.53. The van der Waals surface area contributed by atoms with Crippen LogP contribution in [0.1, 0.15) is 35.7 Å². The quantitative estimate of drug-likeness (QED) is 0.348. The van der Waals surface area contributed by atoms with Crippen molar-refractivity contribution in [3.8, 4) is 5.69 Å². The molecule has 0 fully saturated rings. The fraction of sp³-hybridized carbons (Fsp3) is 0.261. The highest BCUT2D eigenvalue weighted by Gasteiger charge is 2.10. The van der Waals surface area contributed by atoms with Crippen LogP contribution in [0.3, 0.4) is 0 Å². The average molecular weight is 457 g/mol. The predicted molar refractivity (Wildman–Crippen MR) is 125 cm³/mol. The monoisotopic (exact) mass is 456 g/mol. The molecule has 162 valence electrons. The summed E-state index contributed by atoms with van der Waals surface area (Å²) in [6, 6.07) is 14.7. The Labute approximate surface area is 191 Å². The van der Waals surface area contributed by atoms with Gasteiger partial charge < -0.3 is 10.6 Å². The Hall–Kier alpha value is -2.77. The van der Waals surface area contributed by atoms with Crippen molar-refractivity contribution >= 4 is 35.2 Å². The van der Waals surface area contributed by atoms with Crippen LogP contribution in [0.15, 0.2) is 66.1 Å². The van der Waals surface area contributed by atoms with Crippen LogP contribution in [-0.2, 0) is 11.3 Å². The van der Waals surface area contributed by atoms with Gasteiger partial charge in [-0.15, -0.1) is 0 Å². The van der Waals surface area contributed by atoms with Crippen LogP contribution in [0, 0.1) is 0 Å². The number of benzene rings is 2. The molecule has 31 heavy (non-hydrogen) atoms. The van der Waals surface area contributed by atoms with E-state index in [1.54, 1.807) is 30.5 Å². The number of halogens is 1. The first-order chi connectivity index (χ1) is 15.1. The normalized spacial score (nSPS) is 10.6. The lowest BCUT2D eigenvalue weighted by molar-refractivity contribution is -0.118. The van der Waals surface area contributed by atoms with E-state index < -0.39 is 0 Å². The lowest BCUT2D eigenvalue weighted by Gasteiger charge is -2.09. The maximum atomic E-state index is 12.2. The van der Waals surface area contributed by atoms with Gasteiger partial charge >= 0.3 is 0 Å². The number of hydrogen-bond donors (Lipinski definition) is 2. The van der Waals surface area contributed by atoms with Crippen LogP contribution in [0.4, 0.5) is 0 Å². The Bertz CT molecular complexity index is 1000. The van der Waals surface area contributed by atoms with Gasteiger partial charge in [-0.1, -0.05) is 48.8 Å². The molecule has 3 rings (SSSR count). The molecular formula is C23H25ClN4O2S. The number of nitrogens with one attached hydrogen (secondary N) is 2. The summed E-state index contributed by atoms with van der Waals surface area (Å²) in [4.78, 5) is 28.7. The summed E-state index contributed by atoms with van der Waals surface area (Å²) >= 11 is 7.23. The van der Waals surface area contributed by atoms with Crippen LogP contribution >= 0.6 is 23.4 Å². The Morgan fingerprint density at radius 1 is 1.06 bits per heavy atom. The zero-order valence-electron chi connectivity index (χ0n) is 17.3. The van der Waals surface area contributed by atoms with Gasteiger partial charge in [0.15, 0.2) is 5.16 Å². The van der Waals surface area contributed by atoms with Crippen molar-refractivity contribution in [2.24, 2.45) is 0 Å². The molecule has 2 amide bonds. The summed E-state index contributed by atoms with van der Waals surface area (Å²) in [5, 5.41) is 7.19. The Morgan fingerprint density at radius 3 is 2.52 bits per heavy atom. The maximum Gasteiger partial charge on any atom is 0.251 e. The number of imidazole rings is 1. The SMILES string of the molecule is CCCCNC(=O)c1ccc(-n2ccnc2SCC(=O)NCc2ccc(Cl)cc2)cc1. The second kappa shape index (κ2) is 11.6. The van der Waals surface area contributed by atoms with Crippen molar-refractivity contribution in [1.82, 2.24) is 20.2 Å². The standard InChI is InChI=1S/C23H25ClN4O2S/c1-2-3-12-25-22(30)18-6-10-20(11-7-18)28-14-13-26-23(28)31-16-21(29)27-15-17-4-8-19(24)9-5-17/h4-11,13-14H,2-3,12,15-16H2,1H3,(H,25,30)(H,27,29). The van der Waals surface area contributed by atoms with E-state index in [4.69, 9.17) is 11.6 Å². The van der Waals surface area contributed by atoms with Gasteiger partial charge in [-0.3, -0.25) is 14.2 Å². The summed E-state index contributed by atoms with van der Waals surface area (Å²) in [5.74, 6) is 0.105. The minimum Gasteiger partial charge on any atom is -0.352 e. The number of amides is 2. The zero-order chi connectivity index (χ0) is 22.1. The molecule has 0 aliphatic carbocycles. The minimum atomic E-state index is -0.0754. The summed E-state index contributed by atoms with van der Waals surface area (Å²) in [7, 11) is 0. The fourth-order valence-corrected chi connectivity index (χ4v) is 3.76. The number of unbranched alkanes of at least 4 members (excludes halogenated alkanes) is 1. The summed E-state index contributed by atoms with van der Waals surface area (Å²) in [6.07, 6.45) is 5.54. The average Bonchev–Trinajstić information content (AvgIpc) is 3.26. The lowest BCUT2D eigenvalue weighted by Crippen LogP contribution is -2.24. The largest absolute Gasteiger partial charge is 0.352 e. The number of carbonyl (C=O) groups is 2. The predicted octanol–water partition coefficient (Wildman–Crippen LogP) is 4.46. The van der Waals surface area contributed by atoms with Crippen molar-refractivity contribution < 1.29 is 9.59 Å². The molecule has 0 aliphatic heterocycles. The van der Waals surface area contributed by atoms with E-state index >= 15 is 0 Å². The van der Waals surface area contributed by atoms with Crippen molar-refractivity contribution in [3.63, 3.8) is 0 Å². The van der Waals surface area contributed by atoms with Gasteiger partial charge in [0.2, 0.25) is 5.91 Å². The van der Waals surface area contributed by atoms with Crippen LogP contribution in [-0.4, -0.2) is 33.7 Å². The number of rotatable bonds is 10. The molecule has 0 atom stereocenters. The zero-order valence-corrected chi connectivity index (χ0v) is 18.9. The molecule has 0 aliphatic rings. The van der Waals surface area contributed by atoms with Gasteiger partial charge in [-0.2, -0.15) is 0 Å². The number of aromatic nitrogens is 2. The third-order valence-electron chi connectivity index (χ3n) is 4.57. The molecule has 8 heteroatoms. The highest BCUT2D eigenvalue weighted by Crippen LogP contribution is 2.21. The molecule has 2 aromatic carbocycles. The van der Waals surface area contributed by atoms with E-state index in [-0.39, 0.29) is 17.6 Å². The van der Waals surface area contributed by atoms with Crippen LogP contribution in [0.5, 0.6) is 0 Å². The van der Waals surface area contributed by atoms with Crippen molar-refractivity contribution in [2.75, 3.05) is 12.3 Å². The van der Waals surface area contributed by atoms with E-state index in [9.17, 15) is 9.59 Å². The number of carbonyl (C=O) groups excluding carboxylic acids is 2. The molecule has 1 heterocycles. The smallest absolute Gasteiger partial charge is 0.251 e. The first-order valence-electron chi connectivity index (χ1n) is 10.1. The molecule has 0 saturated heterocycles. The Morgan fingerprint density at radius 2 is 1.81 bits per heavy atom. The third kappa shape index (κ3) is 6.87. The van der Waals surface area contributed by atoms with E-state index in [1.807, 2.05) is 35.0 Å². The highest BCUT2D eigenvalue weighted by atomic mass is 35.5. The van der Waals surface area contributed by atoms with Gasteiger partial charge in [0.05, 0.1) is 5.75 Å². The first kappa shape index (κ1) is 22.9. The second-order valence-electron chi connectivity index (χ2n) is 6.93. The molecular weight excluding hydrogens is 432 g/mol. The molecule has 0 spiro atoms. The number of hydrogen-bond acceptors (Lipinski definition) is 4. The van der Waals surface area contributed by atoms with E-state index in [0.29, 0.717) is 28.8 Å². The van der Waals surface area contributed by atoms with E-state index in [1.165, 1.54) is 11.8 Å². The second-order valence-corrected chi connectivity index (χ2v) is 8.31. The van der Waals surface area contributed by atoms with Crippen molar-refractivity contribution in [3.05, 3.63) is 77.1 Å². The van der Waals surface area contributed by atoms with Gasteiger partial charge in [0.25, 0.3) is 5.91 Å². The van der Waals surface area contributed by atoms with Gasteiger partial charge in [-0.05, 0) is 48.4 Å². The molecule has 1 aromatic heterocycles. The molecule has 6 nitrogen and oxygen atoms in total. The van der Waals surface area contributed by atoms with Gasteiger partial charge in [-0.25, -0.2) is 4.98 Å². The molecule has 3 aromatic rings. The molecule has 2 N–H and O–H groups in total. The molecule has 0 unspecified atom stereocenters. The summed E-state index contributed by atoms with van der Waals surface area (Å²) < 4.78 is 1.90. The fourth-order valence-electron chi connectivity index (χ4n) is 2.83.